The van der Waals surface area contributed by atoms with Crippen LogP contribution in [0.2, 0.25) is 0 Å². The van der Waals surface area contributed by atoms with E-state index in [-0.39, 0.29) is 5.82 Å². The molecular weight excluding hydrogens is 427 g/mol. The summed E-state index contributed by atoms with van der Waals surface area (Å²) in [6.45, 7) is 20.6. The lowest BCUT2D eigenvalue weighted by molar-refractivity contribution is 0.617. The molecule has 0 atom stereocenters. The molecule has 0 aliphatic heterocycles. The van der Waals surface area contributed by atoms with Gasteiger partial charge in [-0.05, 0) is 109 Å². The molecular formula is C34H43F. The molecule has 0 unspecified atom stereocenters. The number of halogens is 1. The summed E-state index contributed by atoms with van der Waals surface area (Å²) in [6.07, 6.45) is 0. The average molecular weight is 471 g/mol. The van der Waals surface area contributed by atoms with Crippen molar-refractivity contribution < 1.29 is 4.39 Å². The normalized spacial score (nSPS) is 9.57. The fourth-order valence-electron chi connectivity index (χ4n) is 3.12. The predicted octanol–water partition coefficient (Wildman–Crippen LogP) is 9.97. The van der Waals surface area contributed by atoms with Crippen molar-refractivity contribution in [2.45, 2.75) is 69.2 Å². The third-order valence-electron chi connectivity index (χ3n) is 5.87. The van der Waals surface area contributed by atoms with Crippen LogP contribution in [0.15, 0.2) is 78.9 Å². The first kappa shape index (κ1) is 29.8. The molecule has 0 heterocycles. The number of rotatable bonds is 0. The van der Waals surface area contributed by atoms with Gasteiger partial charge < -0.3 is 0 Å². The molecule has 35 heavy (non-hydrogen) atoms. The van der Waals surface area contributed by atoms with E-state index in [0.29, 0.717) is 5.56 Å². The topological polar surface area (TPSA) is 0 Å². The lowest BCUT2D eigenvalue weighted by Gasteiger charge is -1.98. The van der Waals surface area contributed by atoms with Crippen LogP contribution in [0.4, 0.5) is 4.39 Å². The minimum Gasteiger partial charge on any atom is -0.207 e. The Labute approximate surface area is 213 Å². The highest BCUT2D eigenvalue weighted by Crippen LogP contribution is 2.09. The summed E-state index contributed by atoms with van der Waals surface area (Å²) in [5.41, 5.74) is 12.5. The molecule has 4 rings (SSSR count). The molecule has 186 valence electrons. The molecule has 0 radical (unpaired) electrons. The van der Waals surface area contributed by atoms with Gasteiger partial charge in [0, 0.05) is 0 Å². The minimum atomic E-state index is -0.116. The van der Waals surface area contributed by atoms with E-state index in [2.05, 4.69) is 116 Å². The van der Waals surface area contributed by atoms with Crippen molar-refractivity contribution in [3.05, 3.63) is 140 Å². The van der Waals surface area contributed by atoms with E-state index in [4.69, 9.17) is 0 Å². The fraction of sp³-hybridized carbons (Fsp3) is 0.294. The highest BCUT2D eigenvalue weighted by Gasteiger charge is 1.93. The molecule has 0 fully saturated rings. The maximum Gasteiger partial charge on any atom is 0.126 e. The molecule has 0 N–H and O–H groups in total. The van der Waals surface area contributed by atoms with Crippen molar-refractivity contribution in [1.29, 1.82) is 0 Å². The van der Waals surface area contributed by atoms with Crippen molar-refractivity contribution in [2.24, 2.45) is 0 Å². The first-order valence-electron chi connectivity index (χ1n) is 12.2. The Bertz CT molecular complexity index is 1050. The van der Waals surface area contributed by atoms with Crippen LogP contribution in [-0.4, -0.2) is 0 Å². The van der Waals surface area contributed by atoms with E-state index in [1.54, 1.807) is 13.0 Å². The van der Waals surface area contributed by atoms with Gasteiger partial charge in [0.15, 0.2) is 0 Å². The number of hydrogen-bond acceptors (Lipinski definition) is 0. The van der Waals surface area contributed by atoms with Crippen LogP contribution in [0.5, 0.6) is 0 Å². The van der Waals surface area contributed by atoms with E-state index in [1.165, 1.54) is 50.6 Å². The van der Waals surface area contributed by atoms with Crippen LogP contribution in [0.3, 0.4) is 0 Å². The SMILES string of the molecule is Cc1ccc(C)c(C)c1.Cc1ccc(C)c(C)c1.Cc1ccc(C)c(F)c1.Cc1ccc(C)cc1. The molecule has 4 aromatic carbocycles. The van der Waals surface area contributed by atoms with Gasteiger partial charge in [0.2, 0.25) is 0 Å². The second-order valence-corrected chi connectivity index (χ2v) is 9.58. The Morgan fingerprint density at radius 3 is 0.857 bits per heavy atom. The Hall–Kier alpha value is -3.19. The summed E-state index contributed by atoms with van der Waals surface area (Å²) in [5, 5.41) is 0. The first-order chi connectivity index (χ1) is 16.4. The quantitative estimate of drug-likeness (QED) is 0.240. The molecule has 4 aromatic rings. The van der Waals surface area contributed by atoms with Crippen LogP contribution >= 0.6 is 0 Å². The lowest BCUT2D eigenvalue weighted by Crippen LogP contribution is -1.81. The van der Waals surface area contributed by atoms with Gasteiger partial charge in [-0.2, -0.15) is 0 Å². The maximum atomic E-state index is 12.6. The lowest BCUT2D eigenvalue weighted by atomic mass is 10.1. The number of hydrogen-bond donors (Lipinski definition) is 0. The zero-order valence-electron chi connectivity index (χ0n) is 23.4. The molecule has 0 aliphatic rings. The van der Waals surface area contributed by atoms with Gasteiger partial charge in [-0.3, -0.25) is 0 Å². The van der Waals surface area contributed by atoms with Gasteiger partial charge in [0.25, 0.3) is 0 Å². The van der Waals surface area contributed by atoms with Crippen molar-refractivity contribution in [1.82, 2.24) is 0 Å². The van der Waals surface area contributed by atoms with E-state index in [0.717, 1.165) is 5.56 Å². The number of aryl methyl sites for hydroxylation is 10. The highest BCUT2D eigenvalue weighted by atomic mass is 19.1. The van der Waals surface area contributed by atoms with E-state index in [1.807, 2.05) is 13.0 Å². The molecule has 0 saturated heterocycles. The Morgan fingerprint density at radius 2 is 0.600 bits per heavy atom. The van der Waals surface area contributed by atoms with Crippen LogP contribution in [0, 0.1) is 75.1 Å². The summed E-state index contributed by atoms with van der Waals surface area (Å²) in [4.78, 5) is 0. The standard InChI is InChI=1S/2C9H12.C8H9F.C8H10/c2*1-7-4-5-8(2)9(3)6-7;1-6-3-4-7(2)8(9)5-6;1-7-3-5-8(2)6-4-7/h2*4-6H,1-3H3;3-5H,1-2H3;3-6H,1-2H3. The Balaban J connectivity index is 0.000000234. The van der Waals surface area contributed by atoms with Gasteiger partial charge in [-0.15, -0.1) is 0 Å². The van der Waals surface area contributed by atoms with Gasteiger partial charge >= 0.3 is 0 Å². The molecule has 0 saturated carbocycles. The summed E-state index contributed by atoms with van der Waals surface area (Å²) in [7, 11) is 0. The molecule has 0 aromatic heterocycles. The summed E-state index contributed by atoms with van der Waals surface area (Å²) in [6, 6.07) is 26.7. The summed E-state index contributed by atoms with van der Waals surface area (Å²) in [5.74, 6) is -0.116. The molecule has 0 nitrogen and oxygen atoms in total. The second kappa shape index (κ2) is 14.9. The van der Waals surface area contributed by atoms with Crippen molar-refractivity contribution in [3.63, 3.8) is 0 Å². The number of benzene rings is 4. The van der Waals surface area contributed by atoms with Crippen molar-refractivity contribution in [3.8, 4) is 0 Å². The molecule has 1 heteroatoms. The first-order valence-corrected chi connectivity index (χ1v) is 12.2. The summed E-state index contributed by atoms with van der Waals surface area (Å²) >= 11 is 0. The van der Waals surface area contributed by atoms with Crippen LogP contribution in [-0.2, 0) is 0 Å². The van der Waals surface area contributed by atoms with Crippen LogP contribution in [0.1, 0.15) is 55.6 Å². The van der Waals surface area contributed by atoms with Gasteiger partial charge in [-0.1, -0.05) is 95.1 Å². The minimum absolute atomic E-state index is 0.116. The fourth-order valence-corrected chi connectivity index (χ4v) is 3.12. The average Bonchev–Trinajstić information content (AvgIpc) is 2.80. The molecule has 0 aliphatic carbocycles. The van der Waals surface area contributed by atoms with E-state index < -0.39 is 0 Å². The van der Waals surface area contributed by atoms with Gasteiger partial charge in [0.1, 0.15) is 5.82 Å². The second-order valence-electron chi connectivity index (χ2n) is 9.58. The monoisotopic (exact) mass is 470 g/mol. The van der Waals surface area contributed by atoms with Crippen LogP contribution in [0.25, 0.3) is 0 Å². The third-order valence-corrected chi connectivity index (χ3v) is 5.87. The van der Waals surface area contributed by atoms with Crippen LogP contribution < -0.4 is 0 Å². The Morgan fingerprint density at radius 1 is 0.314 bits per heavy atom. The molecule has 0 bridgehead atoms. The van der Waals surface area contributed by atoms with E-state index >= 15 is 0 Å². The third kappa shape index (κ3) is 12.2. The van der Waals surface area contributed by atoms with Crippen molar-refractivity contribution >= 4 is 0 Å². The highest BCUT2D eigenvalue weighted by molar-refractivity contribution is 5.29. The Kier molecular flexibility index (Phi) is 12.7. The van der Waals surface area contributed by atoms with Gasteiger partial charge in [-0.25, -0.2) is 4.39 Å². The van der Waals surface area contributed by atoms with E-state index in [9.17, 15) is 4.39 Å². The zero-order chi connectivity index (χ0) is 26.5. The maximum absolute atomic E-state index is 12.6. The van der Waals surface area contributed by atoms with Crippen molar-refractivity contribution in [2.75, 3.05) is 0 Å². The smallest absolute Gasteiger partial charge is 0.126 e. The predicted molar refractivity (Wildman–Crippen MR) is 153 cm³/mol. The molecule has 0 amide bonds. The largest absolute Gasteiger partial charge is 0.207 e. The summed E-state index contributed by atoms with van der Waals surface area (Å²) < 4.78 is 12.6. The molecule has 0 spiro atoms. The van der Waals surface area contributed by atoms with Gasteiger partial charge in [0.05, 0.1) is 0 Å². The zero-order valence-corrected chi connectivity index (χ0v) is 23.4.